The maximum absolute atomic E-state index is 12.7. The summed E-state index contributed by atoms with van der Waals surface area (Å²) in [4.78, 5) is 29.3. The molecule has 3 atom stereocenters. The third kappa shape index (κ3) is 3.81. The summed E-state index contributed by atoms with van der Waals surface area (Å²) >= 11 is 0. The number of hydrogen-bond donors (Lipinski definition) is 1. The number of ether oxygens (including phenoxy) is 2. The Morgan fingerprint density at radius 2 is 2.07 bits per heavy atom. The van der Waals surface area contributed by atoms with Gasteiger partial charge in [0.15, 0.2) is 0 Å². The zero-order valence-electron chi connectivity index (χ0n) is 16.6. The van der Waals surface area contributed by atoms with Gasteiger partial charge in [0, 0.05) is 38.2 Å². The molecule has 3 heterocycles. The van der Waals surface area contributed by atoms with Crippen molar-refractivity contribution in [3.8, 4) is 11.5 Å². The number of piperidine rings is 3. The fourth-order valence-electron chi connectivity index (χ4n) is 5.15. The largest absolute Gasteiger partial charge is 0.497 e. The fraction of sp³-hybridized carbons (Fsp3) is 0.619. The van der Waals surface area contributed by atoms with Crippen LogP contribution in [0.1, 0.15) is 25.7 Å². The third-order valence-electron chi connectivity index (χ3n) is 6.30. The van der Waals surface area contributed by atoms with Gasteiger partial charge in [-0.15, -0.1) is 0 Å². The van der Waals surface area contributed by atoms with Crippen molar-refractivity contribution >= 4 is 17.5 Å². The second kappa shape index (κ2) is 7.99. The second-order valence-corrected chi connectivity index (χ2v) is 8.18. The molecule has 0 radical (unpaired) electrons. The van der Waals surface area contributed by atoms with Gasteiger partial charge in [0.25, 0.3) is 0 Å². The van der Waals surface area contributed by atoms with E-state index in [1.165, 1.54) is 6.42 Å². The molecule has 0 spiro atoms. The van der Waals surface area contributed by atoms with Crippen molar-refractivity contribution in [3.63, 3.8) is 0 Å². The van der Waals surface area contributed by atoms with Gasteiger partial charge in [-0.3, -0.25) is 14.5 Å². The highest BCUT2D eigenvalue weighted by atomic mass is 16.5. The van der Waals surface area contributed by atoms with Crippen LogP contribution >= 0.6 is 0 Å². The molecular formula is C21H29N3O4. The molecule has 152 valence electrons. The van der Waals surface area contributed by atoms with Crippen molar-refractivity contribution in [1.29, 1.82) is 0 Å². The van der Waals surface area contributed by atoms with Crippen LogP contribution in [0.5, 0.6) is 11.5 Å². The van der Waals surface area contributed by atoms with Crippen molar-refractivity contribution in [2.24, 2.45) is 11.8 Å². The lowest BCUT2D eigenvalue weighted by atomic mass is 9.76. The number of carbonyl (C=O) groups is 2. The minimum atomic E-state index is -0.0527. The Hall–Kier alpha value is -2.28. The van der Waals surface area contributed by atoms with E-state index in [2.05, 4.69) is 15.1 Å². The van der Waals surface area contributed by atoms with Gasteiger partial charge in [0.05, 0.1) is 26.5 Å². The smallest absolute Gasteiger partial charge is 0.238 e. The predicted molar refractivity (Wildman–Crippen MR) is 106 cm³/mol. The number of hydrogen-bond acceptors (Lipinski definition) is 5. The van der Waals surface area contributed by atoms with E-state index in [1.807, 2.05) is 0 Å². The summed E-state index contributed by atoms with van der Waals surface area (Å²) in [6, 6.07) is 5.72. The molecule has 4 rings (SSSR count). The number of nitrogens with one attached hydrogen (secondary N) is 1. The number of nitrogens with zero attached hydrogens (tertiary/aromatic N) is 2. The average molecular weight is 387 g/mol. The third-order valence-corrected chi connectivity index (χ3v) is 6.30. The van der Waals surface area contributed by atoms with Crippen LogP contribution in [0.4, 0.5) is 5.69 Å². The highest BCUT2D eigenvalue weighted by molar-refractivity contribution is 5.94. The van der Waals surface area contributed by atoms with Crippen LogP contribution in [-0.4, -0.2) is 68.1 Å². The van der Waals surface area contributed by atoms with Crippen molar-refractivity contribution in [1.82, 2.24) is 9.80 Å². The molecule has 1 aromatic carbocycles. The molecule has 1 aromatic rings. The first-order valence-electron chi connectivity index (χ1n) is 10.1. The average Bonchev–Trinajstić information content (AvgIpc) is 2.68. The van der Waals surface area contributed by atoms with Gasteiger partial charge in [-0.25, -0.2) is 0 Å². The summed E-state index contributed by atoms with van der Waals surface area (Å²) in [5.41, 5.74) is 0.619. The minimum Gasteiger partial charge on any atom is -0.497 e. The van der Waals surface area contributed by atoms with Gasteiger partial charge in [0.1, 0.15) is 11.5 Å². The first-order valence-corrected chi connectivity index (χ1v) is 10.1. The fourth-order valence-corrected chi connectivity index (χ4v) is 5.15. The quantitative estimate of drug-likeness (QED) is 0.837. The zero-order valence-corrected chi connectivity index (χ0v) is 16.6. The van der Waals surface area contributed by atoms with Crippen molar-refractivity contribution < 1.29 is 19.1 Å². The first kappa shape index (κ1) is 19.1. The SMILES string of the molecule is COc1ccc(OC)c(NC(=O)CN2C[C@H]3C[C@H](C2)[C@H]2CCCC(=O)N2C3)c1. The molecule has 0 aromatic heterocycles. The number of carbonyl (C=O) groups excluding carboxylic acids is 2. The number of anilines is 1. The lowest BCUT2D eigenvalue weighted by molar-refractivity contribution is -0.145. The van der Waals surface area contributed by atoms with Crippen LogP contribution in [0, 0.1) is 11.8 Å². The molecule has 2 amide bonds. The van der Waals surface area contributed by atoms with Gasteiger partial charge >= 0.3 is 0 Å². The minimum absolute atomic E-state index is 0.0527. The summed E-state index contributed by atoms with van der Waals surface area (Å²) in [6.45, 7) is 2.96. The van der Waals surface area contributed by atoms with Crippen molar-refractivity contribution in [2.75, 3.05) is 45.7 Å². The number of methoxy groups -OCH3 is 2. The van der Waals surface area contributed by atoms with Crippen molar-refractivity contribution in [2.45, 2.75) is 31.7 Å². The number of fused-ring (bicyclic) bond motifs is 4. The van der Waals surface area contributed by atoms with E-state index in [0.29, 0.717) is 53.9 Å². The van der Waals surface area contributed by atoms with Gasteiger partial charge in [-0.1, -0.05) is 0 Å². The summed E-state index contributed by atoms with van der Waals surface area (Å²) in [5.74, 6) is 2.50. The highest BCUT2D eigenvalue weighted by Gasteiger charge is 2.44. The molecule has 3 aliphatic rings. The Labute approximate surface area is 166 Å². The topological polar surface area (TPSA) is 71.1 Å². The molecule has 1 N–H and O–H groups in total. The molecule has 0 aliphatic carbocycles. The monoisotopic (exact) mass is 387 g/mol. The predicted octanol–water partition coefficient (Wildman–Crippen LogP) is 1.98. The molecule has 0 unspecified atom stereocenters. The lowest BCUT2D eigenvalue weighted by Crippen LogP contribution is -2.61. The summed E-state index contributed by atoms with van der Waals surface area (Å²) in [6.07, 6.45) is 3.97. The van der Waals surface area contributed by atoms with E-state index in [9.17, 15) is 9.59 Å². The van der Waals surface area contributed by atoms with Gasteiger partial charge in [0.2, 0.25) is 11.8 Å². The first-order chi connectivity index (χ1) is 13.6. The summed E-state index contributed by atoms with van der Waals surface area (Å²) in [7, 11) is 3.18. The molecule has 3 fully saturated rings. The van der Waals surface area contributed by atoms with Crippen LogP contribution in [0.2, 0.25) is 0 Å². The normalized spacial score (nSPS) is 27.1. The van der Waals surface area contributed by atoms with Crippen LogP contribution in [-0.2, 0) is 9.59 Å². The van der Waals surface area contributed by atoms with E-state index in [1.54, 1.807) is 32.4 Å². The van der Waals surface area contributed by atoms with E-state index < -0.39 is 0 Å². The highest BCUT2D eigenvalue weighted by Crippen LogP contribution is 2.38. The van der Waals surface area contributed by atoms with Crippen LogP contribution in [0.3, 0.4) is 0 Å². The zero-order chi connectivity index (χ0) is 19.7. The van der Waals surface area contributed by atoms with Crippen molar-refractivity contribution in [3.05, 3.63) is 18.2 Å². The Balaban J connectivity index is 1.39. The molecule has 28 heavy (non-hydrogen) atoms. The molecule has 2 bridgehead atoms. The maximum Gasteiger partial charge on any atom is 0.238 e. The maximum atomic E-state index is 12.7. The van der Waals surface area contributed by atoms with E-state index in [4.69, 9.17) is 9.47 Å². The van der Waals surface area contributed by atoms with Crippen LogP contribution in [0.15, 0.2) is 18.2 Å². The number of rotatable bonds is 5. The van der Waals surface area contributed by atoms with Crippen LogP contribution < -0.4 is 14.8 Å². The molecule has 7 heteroatoms. The summed E-state index contributed by atoms with van der Waals surface area (Å²) in [5, 5.41) is 2.96. The Bertz CT molecular complexity index is 753. The number of benzene rings is 1. The van der Waals surface area contributed by atoms with Gasteiger partial charge < -0.3 is 19.7 Å². The van der Waals surface area contributed by atoms with E-state index in [0.717, 1.165) is 32.5 Å². The van der Waals surface area contributed by atoms with Gasteiger partial charge in [-0.2, -0.15) is 0 Å². The number of likely N-dealkylation sites (tertiary alicyclic amines) is 1. The molecule has 3 aliphatic heterocycles. The van der Waals surface area contributed by atoms with E-state index >= 15 is 0 Å². The molecule has 7 nitrogen and oxygen atoms in total. The Morgan fingerprint density at radius 3 is 2.86 bits per heavy atom. The standard InChI is InChI=1S/C21H29N3O4/c1-27-16-6-7-19(28-2)17(9-16)22-20(25)13-23-10-14-8-15(12-23)18-4-3-5-21(26)24(18)11-14/h6-7,9,14-15,18H,3-5,8,10-13H2,1-2H3,(H,22,25)/t14-,15-,18-/m1/s1. The van der Waals surface area contributed by atoms with Crippen LogP contribution in [0.25, 0.3) is 0 Å². The van der Waals surface area contributed by atoms with E-state index in [-0.39, 0.29) is 5.91 Å². The Morgan fingerprint density at radius 1 is 1.21 bits per heavy atom. The Kier molecular flexibility index (Phi) is 5.44. The molecule has 0 saturated carbocycles. The summed E-state index contributed by atoms with van der Waals surface area (Å²) < 4.78 is 10.6. The second-order valence-electron chi connectivity index (χ2n) is 8.18. The molecular weight excluding hydrogens is 358 g/mol. The molecule has 3 saturated heterocycles. The number of amides is 2. The lowest BCUT2D eigenvalue weighted by Gasteiger charge is -2.52. The van der Waals surface area contributed by atoms with Gasteiger partial charge in [-0.05, 0) is 43.2 Å².